The molecule has 0 aromatic rings. The summed E-state index contributed by atoms with van der Waals surface area (Å²) in [5.74, 6) is 1.95. The van der Waals surface area contributed by atoms with Gasteiger partial charge in [0, 0.05) is 13.0 Å². The third-order valence-electron chi connectivity index (χ3n) is 8.81. The summed E-state index contributed by atoms with van der Waals surface area (Å²) < 4.78 is 5.63. The molecule has 3 fully saturated rings. The summed E-state index contributed by atoms with van der Waals surface area (Å²) in [4.78, 5) is 12.2. The zero-order chi connectivity index (χ0) is 18.0. The van der Waals surface area contributed by atoms with Gasteiger partial charge in [0.1, 0.15) is 5.78 Å². The normalized spacial score (nSPS) is 52.0. The molecule has 4 aliphatic carbocycles. The van der Waals surface area contributed by atoms with Crippen LogP contribution in [0.1, 0.15) is 65.7 Å². The van der Waals surface area contributed by atoms with E-state index < -0.39 is 0 Å². The van der Waals surface area contributed by atoms with Crippen LogP contribution in [-0.4, -0.2) is 30.2 Å². The smallest absolute Gasteiger partial charge is 0.133 e. The van der Waals surface area contributed by atoms with Crippen LogP contribution in [0.3, 0.4) is 0 Å². The fourth-order valence-corrected chi connectivity index (χ4v) is 7.63. The van der Waals surface area contributed by atoms with Crippen molar-refractivity contribution in [3.63, 3.8) is 0 Å². The molecule has 4 unspecified atom stereocenters. The van der Waals surface area contributed by atoms with Gasteiger partial charge in [-0.2, -0.15) is 0 Å². The van der Waals surface area contributed by atoms with E-state index in [9.17, 15) is 9.90 Å². The van der Waals surface area contributed by atoms with E-state index in [4.69, 9.17) is 4.74 Å². The molecule has 8 atom stereocenters. The van der Waals surface area contributed by atoms with Crippen LogP contribution in [-0.2, 0) is 9.53 Å². The Morgan fingerprint density at radius 1 is 1.28 bits per heavy atom. The molecule has 0 aromatic carbocycles. The van der Waals surface area contributed by atoms with E-state index in [0.29, 0.717) is 29.6 Å². The summed E-state index contributed by atoms with van der Waals surface area (Å²) in [7, 11) is 1.82. The minimum atomic E-state index is -0.279. The van der Waals surface area contributed by atoms with Crippen molar-refractivity contribution in [2.24, 2.45) is 34.5 Å². The second-order valence-corrected chi connectivity index (χ2v) is 9.80. The third-order valence-corrected chi connectivity index (χ3v) is 8.81. The molecule has 0 aliphatic heterocycles. The molecule has 0 bridgehead atoms. The molecule has 1 N–H and O–H groups in total. The van der Waals surface area contributed by atoms with Gasteiger partial charge in [-0.25, -0.2) is 0 Å². The van der Waals surface area contributed by atoms with E-state index in [1.807, 2.05) is 7.11 Å². The zero-order valence-corrected chi connectivity index (χ0v) is 16.3. The van der Waals surface area contributed by atoms with Gasteiger partial charge in [0.15, 0.2) is 0 Å². The van der Waals surface area contributed by atoms with E-state index in [-0.39, 0.29) is 22.9 Å². The van der Waals surface area contributed by atoms with Gasteiger partial charge in [0.2, 0.25) is 0 Å². The molecular formula is C22H34O3. The number of Topliss-reactive ketones (excluding diaryl/α,β-unsaturated/α-hetero) is 1. The fourth-order valence-electron chi connectivity index (χ4n) is 7.63. The Morgan fingerprint density at radius 2 is 2.04 bits per heavy atom. The number of aliphatic hydroxyl groups is 1. The summed E-state index contributed by atoms with van der Waals surface area (Å²) in [5.41, 5.74) is 1.64. The van der Waals surface area contributed by atoms with E-state index in [1.54, 1.807) is 6.92 Å². The van der Waals surface area contributed by atoms with Crippen LogP contribution in [0, 0.1) is 34.5 Å². The van der Waals surface area contributed by atoms with Gasteiger partial charge in [-0.3, -0.25) is 4.79 Å². The summed E-state index contributed by atoms with van der Waals surface area (Å²) in [6.07, 6.45) is 9.85. The van der Waals surface area contributed by atoms with Crippen molar-refractivity contribution in [1.29, 1.82) is 0 Å². The molecule has 3 saturated carbocycles. The van der Waals surface area contributed by atoms with Crippen molar-refractivity contribution in [1.82, 2.24) is 0 Å². The number of hydrogen-bond donors (Lipinski definition) is 1. The highest BCUT2D eigenvalue weighted by Crippen LogP contribution is 2.66. The van der Waals surface area contributed by atoms with Crippen LogP contribution in [0.4, 0.5) is 0 Å². The topological polar surface area (TPSA) is 46.5 Å². The Balaban J connectivity index is 1.69. The Hall–Kier alpha value is -0.670. The minimum absolute atomic E-state index is 0.00213. The number of methoxy groups -OCH3 is 1. The molecule has 0 radical (unpaired) electrons. The van der Waals surface area contributed by atoms with Crippen LogP contribution in [0.2, 0.25) is 0 Å². The van der Waals surface area contributed by atoms with Crippen molar-refractivity contribution >= 4 is 5.78 Å². The Bertz CT molecular complexity index is 596. The lowest BCUT2D eigenvalue weighted by molar-refractivity contribution is -0.140. The first-order valence-electron chi connectivity index (χ1n) is 10.2. The quantitative estimate of drug-likeness (QED) is 0.764. The summed E-state index contributed by atoms with van der Waals surface area (Å²) in [6.45, 7) is 6.44. The van der Waals surface area contributed by atoms with E-state index >= 15 is 0 Å². The monoisotopic (exact) mass is 346 g/mol. The lowest BCUT2D eigenvalue weighted by Gasteiger charge is -2.59. The van der Waals surface area contributed by atoms with Gasteiger partial charge >= 0.3 is 0 Å². The van der Waals surface area contributed by atoms with Gasteiger partial charge < -0.3 is 9.84 Å². The number of ether oxygens (including phenoxy) is 1. The van der Waals surface area contributed by atoms with Crippen LogP contribution >= 0.6 is 0 Å². The number of hydrogen-bond acceptors (Lipinski definition) is 3. The number of fused-ring (bicyclic) bond motifs is 5. The number of allylic oxidation sites excluding steroid dienone is 1. The van der Waals surface area contributed by atoms with Crippen molar-refractivity contribution in [3.05, 3.63) is 11.6 Å². The first kappa shape index (κ1) is 17.7. The van der Waals surface area contributed by atoms with Crippen molar-refractivity contribution in [2.45, 2.75) is 77.9 Å². The largest absolute Gasteiger partial charge is 0.393 e. The highest BCUT2D eigenvalue weighted by Gasteiger charge is 2.62. The molecule has 0 saturated heterocycles. The molecule has 0 amide bonds. The van der Waals surface area contributed by atoms with Crippen LogP contribution < -0.4 is 0 Å². The van der Waals surface area contributed by atoms with Gasteiger partial charge in [0.25, 0.3) is 0 Å². The second kappa shape index (κ2) is 5.92. The Kier molecular flexibility index (Phi) is 4.20. The van der Waals surface area contributed by atoms with E-state index in [0.717, 1.165) is 44.9 Å². The number of aliphatic hydroxyl groups excluding tert-OH is 1. The maximum atomic E-state index is 12.2. The van der Waals surface area contributed by atoms with E-state index in [2.05, 4.69) is 19.9 Å². The molecular weight excluding hydrogens is 312 g/mol. The van der Waals surface area contributed by atoms with Crippen molar-refractivity contribution in [3.8, 4) is 0 Å². The molecule has 25 heavy (non-hydrogen) atoms. The molecule has 0 heterocycles. The molecule has 4 rings (SSSR count). The van der Waals surface area contributed by atoms with Crippen molar-refractivity contribution in [2.75, 3.05) is 7.11 Å². The molecule has 140 valence electrons. The fraction of sp³-hybridized carbons (Fsp3) is 0.864. The molecule has 3 heteroatoms. The second-order valence-electron chi connectivity index (χ2n) is 9.80. The Morgan fingerprint density at radius 3 is 2.72 bits per heavy atom. The summed E-state index contributed by atoms with van der Waals surface area (Å²) in [6, 6.07) is 0. The van der Waals surface area contributed by atoms with Gasteiger partial charge in [0.05, 0.1) is 12.2 Å². The third kappa shape index (κ3) is 2.41. The average Bonchev–Trinajstić information content (AvgIpc) is 2.90. The summed E-state index contributed by atoms with van der Waals surface area (Å²) in [5, 5.41) is 11.3. The lowest BCUT2D eigenvalue weighted by atomic mass is 9.46. The number of ketones is 1. The predicted molar refractivity (Wildman–Crippen MR) is 98.1 cm³/mol. The van der Waals surface area contributed by atoms with E-state index in [1.165, 1.54) is 5.57 Å². The molecule has 0 aromatic heterocycles. The van der Waals surface area contributed by atoms with Crippen LogP contribution in [0.15, 0.2) is 11.6 Å². The predicted octanol–water partition coefficient (Wildman–Crippen LogP) is 4.14. The van der Waals surface area contributed by atoms with Crippen molar-refractivity contribution < 1.29 is 14.6 Å². The lowest BCUT2D eigenvalue weighted by Crippen LogP contribution is -2.56. The number of carbonyl (C=O) groups excluding carboxylic acids is 1. The standard InChI is InChI=1S/C22H34O3/c1-13(23)17-7-8-18-16-6-5-14-11-15(25-4)9-10-21(14,2)20(16)19(24)12-22(17,18)3/h5,15-20,24H,6-12H2,1-4H3/t15-,16?,17+,18?,19?,20?,21-,22+/m0/s1. The number of rotatable bonds is 2. The molecule has 0 spiro atoms. The highest BCUT2D eigenvalue weighted by molar-refractivity contribution is 5.79. The first-order chi connectivity index (χ1) is 11.8. The maximum Gasteiger partial charge on any atom is 0.133 e. The Labute approximate surface area is 152 Å². The zero-order valence-electron chi connectivity index (χ0n) is 16.3. The highest BCUT2D eigenvalue weighted by atomic mass is 16.5. The first-order valence-corrected chi connectivity index (χ1v) is 10.2. The van der Waals surface area contributed by atoms with Gasteiger partial charge in [-0.1, -0.05) is 25.5 Å². The average molecular weight is 347 g/mol. The SMILES string of the molecule is CO[C@H]1CC[C@@]2(C)C(=CCC3C2C(O)C[C@@]2(C)C3CC[C@@H]2C(C)=O)C1. The minimum Gasteiger partial charge on any atom is -0.393 e. The van der Waals surface area contributed by atoms with Crippen LogP contribution in [0.5, 0.6) is 0 Å². The maximum absolute atomic E-state index is 12.2. The molecule has 4 aliphatic rings. The van der Waals surface area contributed by atoms with Gasteiger partial charge in [-0.05, 0) is 80.5 Å². The van der Waals surface area contributed by atoms with Crippen LogP contribution in [0.25, 0.3) is 0 Å². The summed E-state index contributed by atoms with van der Waals surface area (Å²) >= 11 is 0. The molecule has 3 nitrogen and oxygen atoms in total. The van der Waals surface area contributed by atoms with Gasteiger partial charge in [-0.15, -0.1) is 0 Å². The number of carbonyl (C=O) groups is 1.